The number of anilines is 1. The van der Waals surface area contributed by atoms with Crippen molar-refractivity contribution in [1.82, 2.24) is 4.98 Å². The molecule has 4 rings (SSSR count). The fourth-order valence-electron chi connectivity index (χ4n) is 3.37. The van der Waals surface area contributed by atoms with Crippen LogP contribution in [0.2, 0.25) is 0 Å². The molecular weight excluding hydrogens is 452 g/mol. The normalized spacial score (nSPS) is 11.9. The predicted octanol–water partition coefficient (Wildman–Crippen LogP) is 5.53. The second-order valence-electron chi connectivity index (χ2n) is 7.22. The Balaban J connectivity index is 1.88. The zero-order valence-corrected chi connectivity index (χ0v) is 18.6. The van der Waals surface area contributed by atoms with Crippen LogP contribution in [0.3, 0.4) is 0 Å². The van der Waals surface area contributed by atoms with E-state index in [1.165, 1.54) is 18.4 Å². The predicted molar refractivity (Wildman–Crippen MR) is 120 cm³/mol. The number of hydrogen-bond acceptors (Lipinski definition) is 5. The molecule has 0 radical (unpaired) electrons. The molecule has 0 saturated carbocycles. The highest BCUT2D eigenvalue weighted by molar-refractivity contribution is 9.10. The third-order valence-corrected chi connectivity index (χ3v) is 6.46. The summed E-state index contributed by atoms with van der Waals surface area (Å²) in [5, 5.41) is 0. The third kappa shape index (κ3) is 3.80. The molecule has 3 aromatic carbocycles. The van der Waals surface area contributed by atoms with E-state index in [0.717, 1.165) is 32.3 Å². The summed E-state index contributed by atoms with van der Waals surface area (Å²) in [4.78, 5) is 4.71. The monoisotopic (exact) mass is 470 g/mol. The van der Waals surface area contributed by atoms with Gasteiger partial charge in [-0.2, -0.15) is 0 Å². The quantitative estimate of drug-likeness (QED) is 0.397. The molecule has 0 aliphatic rings. The zero-order valence-electron chi connectivity index (χ0n) is 16.2. The van der Waals surface area contributed by atoms with Crippen molar-refractivity contribution in [1.29, 1.82) is 0 Å². The maximum Gasteiger partial charge on any atom is 0.227 e. The Bertz CT molecular complexity index is 1350. The molecule has 0 fully saturated rings. The van der Waals surface area contributed by atoms with E-state index in [1.54, 1.807) is 6.07 Å². The number of sulfone groups is 1. The van der Waals surface area contributed by atoms with E-state index in [9.17, 15) is 8.42 Å². The summed E-state index contributed by atoms with van der Waals surface area (Å²) in [5.41, 5.74) is 12.9. The minimum atomic E-state index is -3.32. The molecule has 2 N–H and O–H groups in total. The molecule has 0 bridgehead atoms. The van der Waals surface area contributed by atoms with E-state index in [2.05, 4.69) is 39.1 Å². The number of oxazole rings is 1. The first-order chi connectivity index (χ1) is 13.6. The molecule has 0 amide bonds. The fourth-order valence-corrected chi connectivity index (χ4v) is 4.47. The Morgan fingerprint density at radius 3 is 2.31 bits per heavy atom. The lowest BCUT2D eigenvalue weighted by atomic mass is 9.97. The standard InChI is InChI=1S/C22H19BrN2O3S/c1-12-6-13(2)8-14(7-12)17-9-15(10-18(23)21(17)24)22-25-19-11-16(29(3,26)27)4-5-20(19)28-22/h4-11H,24H2,1-3H3. The van der Waals surface area contributed by atoms with E-state index < -0.39 is 9.84 Å². The summed E-state index contributed by atoms with van der Waals surface area (Å²) >= 11 is 3.54. The Hall–Kier alpha value is -2.64. The number of aryl methyl sites for hydroxylation is 2. The zero-order chi connectivity index (χ0) is 20.9. The summed E-state index contributed by atoms with van der Waals surface area (Å²) in [7, 11) is -3.32. The third-order valence-electron chi connectivity index (χ3n) is 4.70. The van der Waals surface area contributed by atoms with Gasteiger partial charge in [0.05, 0.1) is 10.6 Å². The lowest BCUT2D eigenvalue weighted by molar-refractivity contribution is 0.602. The fraction of sp³-hybridized carbons (Fsp3) is 0.136. The van der Waals surface area contributed by atoms with Crippen molar-refractivity contribution in [3.05, 3.63) is 64.1 Å². The molecule has 4 aromatic rings. The Morgan fingerprint density at radius 1 is 0.966 bits per heavy atom. The van der Waals surface area contributed by atoms with Crippen molar-refractivity contribution in [2.45, 2.75) is 18.7 Å². The maximum absolute atomic E-state index is 11.8. The first kappa shape index (κ1) is 19.7. The van der Waals surface area contributed by atoms with Crippen LogP contribution in [0, 0.1) is 13.8 Å². The number of hydrogen-bond donors (Lipinski definition) is 1. The smallest absolute Gasteiger partial charge is 0.227 e. The highest BCUT2D eigenvalue weighted by Crippen LogP contribution is 2.38. The van der Waals surface area contributed by atoms with Crippen molar-refractivity contribution >= 4 is 42.6 Å². The summed E-state index contributed by atoms with van der Waals surface area (Å²) in [6.07, 6.45) is 1.17. The molecule has 0 unspecified atom stereocenters. The number of aromatic nitrogens is 1. The number of fused-ring (bicyclic) bond motifs is 1. The summed E-state index contributed by atoms with van der Waals surface area (Å²) in [6.45, 7) is 4.09. The summed E-state index contributed by atoms with van der Waals surface area (Å²) in [6, 6.07) is 14.7. The molecule has 7 heteroatoms. The summed E-state index contributed by atoms with van der Waals surface area (Å²) in [5.74, 6) is 0.400. The molecule has 5 nitrogen and oxygen atoms in total. The number of rotatable bonds is 3. The van der Waals surface area contributed by atoms with Gasteiger partial charge in [-0.05, 0) is 65.7 Å². The molecule has 1 aromatic heterocycles. The van der Waals surface area contributed by atoms with Crippen molar-refractivity contribution in [3.8, 4) is 22.6 Å². The van der Waals surface area contributed by atoms with Crippen LogP contribution in [0.4, 0.5) is 5.69 Å². The van der Waals surface area contributed by atoms with Crippen molar-refractivity contribution < 1.29 is 12.8 Å². The molecular formula is C22H19BrN2O3S. The lowest BCUT2D eigenvalue weighted by Crippen LogP contribution is -1.96. The van der Waals surface area contributed by atoms with E-state index in [0.29, 0.717) is 22.7 Å². The van der Waals surface area contributed by atoms with Gasteiger partial charge in [0, 0.05) is 21.9 Å². The molecule has 1 heterocycles. The van der Waals surface area contributed by atoms with Gasteiger partial charge in [0.25, 0.3) is 0 Å². The first-order valence-corrected chi connectivity index (χ1v) is 11.6. The van der Waals surface area contributed by atoms with Gasteiger partial charge in [-0.3, -0.25) is 0 Å². The number of nitrogen functional groups attached to an aromatic ring is 1. The molecule has 0 aliphatic carbocycles. The van der Waals surface area contributed by atoms with Gasteiger partial charge in [0.2, 0.25) is 5.89 Å². The van der Waals surface area contributed by atoms with E-state index in [1.807, 2.05) is 26.0 Å². The van der Waals surface area contributed by atoms with Gasteiger partial charge < -0.3 is 10.2 Å². The van der Waals surface area contributed by atoms with Gasteiger partial charge in [-0.15, -0.1) is 0 Å². The van der Waals surface area contributed by atoms with Gasteiger partial charge in [0.15, 0.2) is 15.4 Å². The largest absolute Gasteiger partial charge is 0.436 e. The second kappa shape index (κ2) is 7.00. The van der Waals surface area contributed by atoms with Crippen LogP contribution < -0.4 is 5.73 Å². The lowest BCUT2D eigenvalue weighted by Gasteiger charge is -2.11. The Labute approximate surface area is 177 Å². The number of benzene rings is 3. The minimum absolute atomic E-state index is 0.208. The number of nitrogens with zero attached hydrogens (tertiary/aromatic N) is 1. The highest BCUT2D eigenvalue weighted by atomic mass is 79.9. The SMILES string of the molecule is Cc1cc(C)cc(-c2cc(-c3nc4cc(S(C)(=O)=O)ccc4o3)cc(Br)c2N)c1. The van der Waals surface area contributed by atoms with Crippen LogP contribution in [0.25, 0.3) is 33.7 Å². The molecule has 148 valence electrons. The molecule has 0 spiro atoms. The first-order valence-electron chi connectivity index (χ1n) is 8.90. The topological polar surface area (TPSA) is 86.2 Å². The molecule has 29 heavy (non-hydrogen) atoms. The van der Waals surface area contributed by atoms with Crippen LogP contribution in [0.5, 0.6) is 0 Å². The van der Waals surface area contributed by atoms with Gasteiger partial charge in [0.1, 0.15) is 5.52 Å². The summed E-state index contributed by atoms with van der Waals surface area (Å²) < 4.78 is 30.3. The van der Waals surface area contributed by atoms with E-state index in [4.69, 9.17) is 10.2 Å². The average molecular weight is 471 g/mol. The molecule has 0 atom stereocenters. The number of nitrogens with two attached hydrogens (primary N) is 1. The van der Waals surface area contributed by atoms with Crippen LogP contribution in [-0.2, 0) is 9.84 Å². The van der Waals surface area contributed by atoms with E-state index in [-0.39, 0.29) is 4.90 Å². The van der Waals surface area contributed by atoms with Crippen LogP contribution in [-0.4, -0.2) is 19.7 Å². The Morgan fingerprint density at radius 2 is 1.66 bits per heavy atom. The second-order valence-corrected chi connectivity index (χ2v) is 10.1. The van der Waals surface area contributed by atoms with Crippen molar-refractivity contribution in [2.75, 3.05) is 12.0 Å². The average Bonchev–Trinajstić information content (AvgIpc) is 3.05. The van der Waals surface area contributed by atoms with Crippen molar-refractivity contribution in [2.24, 2.45) is 0 Å². The van der Waals surface area contributed by atoms with Gasteiger partial charge in [-0.1, -0.05) is 29.3 Å². The van der Waals surface area contributed by atoms with Crippen LogP contribution in [0.1, 0.15) is 11.1 Å². The Kier molecular flexibility index (Phi) is 4.75. The van der Waals surface area contributed by atoms with Crippen molar-refractivity contribution in [3.63, 3.8) is 0 Å². The molecule has 0 aliphatic heterocycles. The van der Waals surface area contributed by atoms with Gasteiger partial charge >= 0.3 is 0 Å². The molecule has 0 saturated heterocycles. The number of halogens is 1. The highest BCUT2D eigenvalue weighted by Gasteiger charge is 2.16. The van der Waals surface area contributed by atoms with Gasteiger partial charge in [-0.25, -0.2) is 13.4 Å². The minimum Gasteiger partial charge on any atom is -0.436 e. The maximum atomic E-state index is 11.8. The van der Waals surface area contributed by atoms with Crippen LogP contribution >= 0.6 is 15.9 Å². The van der Waals surface area contributed by atoms with Crippen LogP contribution in [0.15, 0.2) is 62.3 Å². The van der Waals surface area contributed by atoms with E-state index >= 15 is 0 Å².